The second-order valence-corrected chi connectivity index (χ2v) is 6.51. The van der Waals surface area contributed by atoms with Gasteiger partial charge in [-0.25, -0.2) is 0 Å². The third-order valence-corrected chi connectivity index (χ3v) is 5.20. The molecule has 0 aromatic heterocycles. The standard InChI is InChI=1S/C24H20B.BH3.Na/c1-5-13-21(14-6-1)25(22-15-7-2-8-16-22,23-17-9-3-10-18-23)24-19-11-4-12-20-24;;/h1-20H;1H3;/q-1;;+1. The first kappa shape index (κ1) is 21.3. The van der Waals surface area contributed by atoms with Crippen molar-refractivity contribution in [3.8, 4) is 0 Å². The molecule has 4 rings (SSSR count). The van der Waals surface area contributed by atoms with Crippen LogP contribution in [0, 0.1) is 0 Å². The molecule has 0 aliphatic heterocycles. The molecule has 4 aromatic rings. The number of benzene rings is 4. The quantitative estimate of drug-likeness (QED) is 0.407. The van der Waals surface area contributed by atoms with Crippen LogP contribution in [0.3, 0.4) is 0 Å². The summed E-state index contributed by atoms with van der Waals surface area (Å²) in [5.74, 6) is 0. The van der Waals surface area contributed by atoms with E-state index in [-0.39, 0.29) is 38.0 Å². The van der Waals surface area contributed by atoms with Crippen molar-refractivity contribution in [2.24, 2.45) is 0 Å². The van der Waals surface area contributed by atoms with E-state index < -0.39 is 6.15 Å². The summed E-state index contributed by atoms with van der Waals surface area (Å²) < 4.78 is 0. The van der Waals surface area contributed by atoms with E-state index in [9.17, 15) is 0 Å². The Morgan fingerprint density at radius 3 is 0.704 bits per heavy atom. The van der Waals surface area contributed by atoms with Crippen LogP contribution in [-0.2, 0) is 0 Å². The van der Waals surface area contributed by atoms with E-state index >= 15 is 0 Å². The van der Waals surface area contributed by atoms with Crippen molar-refractivity contribution in [2.45, 2.75) is 0 Å². The normalized spacial score (nSPS) is 10.4. The van der Waals surface area contributed by atoms with Crippen LogP contribution in [0.5, 0.6) is 0 Å². The number of hydrogen-bond donors (Lipinski definition) is 0. The van der Waals surface area contributed by atoms with Crippen molar-refractivity contribution < 1.29 is 29.6 Å². The molecule has 0 bridgehead atoms. The Bertz CT molecular complexity index is 763. The molecule has 0 unspecified atom stereocenters. The van der Waals surface area contributed by atoms with Gasteiger partial charge >= 0.3 is 29.6 Å². The molecule has 0 fully saturated rings. The zero-order valence-electron chi connectivity index (χ0n) is 15.1. The summed E-state index contributed by atoms with van der Waals surface area (Å²) in [5.41, 5.74) is 5.36. The van der Waals surface area contributed by atoms with Gasteiger partial charge in [0.05, 0.1) is 8.41 Å². The SMILES string of the molecule is B.[Na+].c1ccc([B-](c2ccccc2)(c2ccccc2)c2ccccc2)cc1. The van der Waals surface area contributed by atoms with Crippen LogP contribution in [-0.4, -0.2) is 14.6 Å². The monoisotopic (exact) mass is 356 g/mol. The van der Waals surface area contributed by atoms with Crippen molar-refractivity contribution in [2.75, 3.05) is 0 Å². The summed E-state index contributed by atoms with van der Waals surface area (Å²) in [6.45, 7) is 0. The zero-order chi connectivity index (χ0) is 17.0. The van der Waals surface area contributed by atoms with Gasteiger partial charge in [0.15, 0.2) is 0 Å². The van der Waals surface area contributed by atoms with Crippen LogP contribution >= 0.6 is 0 Å². The van der Waals surface area contributed by atoms with Gasteiger partial charge in [0.1, 0.15) is 6.15 Å². The molecule has 0 aliphatic rings. The fourth-order valence-electron chi connectivity index (χ4n) is 4.12. The molecular weight excluding hydrogens is 333 g/mol. The van der Waals surface area contributed by atoms with Crippen LogP contribution < -0.4 is 51.4 Å². The summed E-state index contributed by atoms with van der Waals surface area (Å²) in [7, 11) is 0. The number of hydrogen-bond acceptors (Lipinski definition) is 0. The molecule has 0 saturated heterocycles. The minimum atomic E-state index is -1.22. The van der Waals surface area contributed by atoms with Gasteiger partial charge in [0, 0.05) is 0 Å². The smallest absolute Gasteiger partial charge is 0.195 e. The molecule has 126 valence electrons. The van der Waals surface area contributed by atoms with Gasteiger partial charge in [0.25, 0.3) is 0 Å². The summed E-state index contributed by atoms with van der Waals surface area (Å²) in [6, 6.07) is 43.5. The minimum Gasteiger partial charge on any atom is -0.195 e. The first-order valence-electron chi connectivity index (χ1n) is 8.80. The minimum absolute atomic E-state index is 0. The zero-order valence-corrected chi connectivity index (χ0v) is 17.1. The third-order valence-electron chi connectivity index (χ3n) is 5.20. The molecule has 0 nitrogen and oxygen atoms in total. The third kappa shape index (κ3) is 3.99. The van der Waals surface area contributed by atoms with E-state index in [2.05, 4.69) is 121 Å². The fraction of sp³-hybridized carbons (Fsp3) is 0. The fourth-order valence-corrected chi connectivity index (χ4v) is 4.12. The molecule has 4 aromatic carbocycles. The van der Waals surface area contributed by atoms with Gasteiger partial charge in [-0.15, -0.1) is 0 Å². The molecule has 0 spiro atoms. The molecule has 0 aliphatic carbocycles. The van der Waals surface area contributed by atoms with Crippen molar-refractivity contribution in [3.05, 3.63) is 121 Å². The van der Waals surface area contributed by atoms with E-state index in [0.717, 1.165) is 0 Å². The van der Waals surface area contributed by atoms with Gasteiger partial charge < -0.3 is 0 Å². The Morgan fingerprint density at radius 1 is 0.333 bits per heavy atom. The predicted molar refractivity (Wildman–Crippen MR) is 120 cm³/mol. The molecule has 3 heteroatoms. The van der Waals surface area contributed by atoms with Gasteiger partial charge in [-0.05, 0) is 0 Å². The average Bonchev–Trinajstić information content (AvgIpc) is 2.72. The molecule has 0 saturated carbocycles. The van der Waals surface area contributed by atoms with E-state index in [4.69, 9.17) is 0 Å². The van der Waals surface area contributed by atoms with Gasteiger partial charge in [-0.1, -0.05) is 121 Å². The molecule has 0 N–H and O–H groups in total. The maximum absolute atomic E-state index is 2.26. The van der Waals surface area contributed by atoms with Crippen molar-refractivity contribution in [1.82, 2.24) is 0 Å². The van der Waals surface area contributed by atoms with E-state index in [1.165, 1.54) is 21.9 Å². The molecule has 27 heavy (non-hydrogen) atoms. The summed E-state index contributed by atoms with van der Waals surface area (Å²) in [5, 5.41) is 0. The van der Waals surface area contributed by atoms with Gasteiger partial charge in [0.2, 0.25) is 0 Å². The number of rotatable bonds is 4. The van der Waals surface area contributed by atoms with Crippen LogP contribution in [0.15, 0.2) is 121 Å². The second kappa shape index (κ2) is 9.80. The largest absolute Gasteiger partial charge is 1.00 e. The van der Waals surface area contributed by atoms with Crippen LogP contribution in [0.1, 0.15) is 0 Å². The predicted octanol–water partition coefficient (Wildman–Crippen LogP) is -1.12. The summed E-state index contributed by atoms with van der Waals surface area (Å²) in [4.78, 5) is 0. The molecule has 0 atom stereocenters. The Morgan fingerprint density at radius 2 is 0.519 bits per heavy atom. The van der Waals surface area contributed by atoms with Crippen LogP contribution in [0.25, 0.3) is 0 Å². The molecular formula is C24H23B2Na. The van der Waals surface area contributed by atoms with E-state index in [0.29, 0.717) is 0 Å². The molecule has 0 heterocycles. The molecule has 0 radical (unpaired) electrons. The Balaban J connectivity index is 0.00000131. The second-order valence-electron chi connectivity index (χ2n) is 6.51. The Labute approximate surface area is 186 Å². The summed E-state index contributed by atoms with van der Waals surface area (Å²) >= 11 is 0. The van der Waals surface area contributed by atoms with Crippen molar-refractivity contribution in [3.63, 3.8) is 0 Å². The van der Waals surface area contributed by atoms with Gasteiger partial charge in [-0.3, -0.25) is 0 Å². The van der Waals surface area contributed by atoms with Crippen LogP contribution in [0.4, 0.5) is 0 Å². The molecule has 0 amide bonds. The maximum atomic E-state index is 2.26. The Hall–Kier alpha value is -1.99. The maximum Gasteiger partial charge on any atom is 1.00 e. The van der Waals surface area contributed by atoms with Crippen molar-refractivity contribution in [1.29, 1.82) is 0 Å². The average molecular weight is 356 g/mol. The van der Waals surface area contributed by atoms with E-state index in [1.807, 2.05) is 0 Å². The van der Waals surface area contributed by atoms with Crippen molar-refractivity contribution >= 4 is 36.4 Å². The van der Waals surface area contributed by atoms with E-state index in [1.54, 1.807) is 0 Å². The first-order valence-corrected chi connectivity index (χ1v) is 8.80. The van der Waals surface area contributed by atoms with Crippen LogP contribution in [0.2, 0.25) is 0 Å². The first-order chi connectivity index (χ1) is 12.4. The summed E-state index contributed by atoms with van der Waals surface area (Å²) in [6.07, 6.45) is -1.22. The topological polar surface area (TPSA) is 0 Å². The Kier molecular flexibility index (Phi) is 7.74. The van der Waals surface area contributed by atoms with Gasteiger partial charge in [-0.2, -0.15) is 21.9 Å².